The van der Waals surface area contributed by atoms with E-state index in [-0.39, 0.29) is 24.8 Å². The molecule has 0 bridgehead atoms. The van der Waals surface area contributed by atoms with Gasteiger partial charge >= 0.3 is 0 Å². The molecule has 0 atom stereocenters. The van der Waals surface area contributed by atoms with Gasteiger partial charge in [0.05, 0.1) is 0 Å². The van der Waals surface area contributed by atoms with Crippen LogP contribution in [0.2, 0.25) is 0 Å². The topological polar surface area (TPSA) is 87.2 Å². The van der Waals surface area contributed by atoms with Gasteiger partial charge in [-0.3, -0.25) is 14.6 Å². The molecule has 0 aliphatic rings. The third-order valence-electron chi connectivity index (χ3n) is 5.34. The lowest BCUT2D eigenvalue weighted by Gasteiger charge is -2.22. The highest BCUT2D eigenvalue weighted by Gasteiger charge is 2.20. The summed E-state index contributed by atoms with van der Waals surface area (Å²) in [5.41, 5.74) is 4.38. The monoisotopic (exact) mass is 485 g/mol. The molecule has 4 aromatic rings. The zero-order valence-electron chi connectivity index (χ0n) is 19.5. The lowest BCUT2D eigenvalue weighted by atomic mass is 10.2. The number of pyridine rings is 1. The predicted molar refractivity (Wildman–Crippen MR) is 138 cm³/mol. The van der Waals surface area contributed by atoms with Crippen LogP contribution in [0.3, 0.4) is 0 Å². The van der Waals surface area contributed by atoms with Crippen molar-refractivity contribution in [3.05, 3.63) is 107 Å². The van der Waals surface area contributed by atoms with Crippen LogP contribution in [0.25, 0.3) is 0 Å². The SMILES string of the molecule is Cc1cccc(Nc2nc(C(=O)N(CCC(=O)NCc3ccncc3)Cc3ccccc3)cs2)c1. The molecule has 0 aliphatic carbocycles. The Kier molecular flexibility index (Phi) is 8.19. The fourth-order valence-corrected chi connectivity index (χ4v) is 4.22. The van der Waals surface area contributed by atoms with Crippen molar-refractivity contribution >= 4 is 34.0 Å². The lowest BCUT2D eigenvalue weighted by Crippen LogP contribution is -2.35. The molecular weight excluding hydrogens is 458 g/mol. The van der Waals surface area contributed by atoms with Crippen LogP contribution in [-0.4, -0.2) is 33.2 Å². The fourth-order valence-electron chi connectivity index (χ4n) is 3.52. The van der Waals surface area contributed by atoms with Crippen LogP contribution < -0.4 is 10.6 Å². The third kappa shape index (κ3) is 7.22. The minimum atomic E-state index is -0.204. The van der Waals surface area contributed by atoms with Crippen molar-refractivity contribution in [1.82, 2.24) is 20.2 Å². The van der Waals surface area contributed by atoms with Gasteiger partial charge in [0.15, 0.2) is 5.13 Å². The molecule has 7 nitrogen and oxygen atoms in total. The second-order valence-corrected chi connectivity index (χ2v) is 8.98. The Morgan fingerprint density at radius 3 is 2.54 bits per heavy atom. The fraction of sp³-hybridized carbons (Fsp3) is 0.185. The number of carbonyl (C=O) groups is 2. The van der Waals surface area contributed by atoms with Crippen LogP contribution >= 0.6 is 11.3 Å². The van der Waals surface area contributed by atoms with Crippen LogP contribution in [0.4, 0.5) is 10.8 Å². The highest BCUT2D eigenvalue weighted by Crippen LogP contribution is 2.23. The Balaban J connectivity index is 1.41. The van der Waals surface area contributed by atoms with E-state index < -0.39 is 0 Å². The Morgan fingerprint density at radius 1 is 0.971 bits per heavy atom. The summed E-state index contributed by atoms with van der Waals surface area (Å²) in [6, 6.07) is 21.4. The van der Waals surface area contributed by atoms with Gasteiger partial charge < -0.3 is 15.5 Å². The van der Waals surface area contributed by atoms with Gasteiger partial charge in [-0.25, -0.2) is 4.98 Å². The van der Waals surface area contributed by atoms with Gasteiger partial charge in [0, 0.05) is 49.5 Å². The smallest absolute Gasteiger partial charge is 0.273 e. The molecule has 178 valence electrons. The number of thiazole rings is 1. The van der Waals surface area contributed by atoms with Crippen molar-refractivity contribution in [2.45, 2.75) is 26.4 Å². The van der Waals surface area contributed by atoms with E-state index in [1.54, 1.807) is 22.7 Å². The van der Waals surface area contributed by atoms with Crippen molar-refractivity contribution in [3.8, 4) is 0 Å². The minimum absolute atomic E-state index is 0.118. The Bertz CT molecular complexity index is 1260. The molecule has 4 rings (SSSR count). The van der Waals surface area contributed by atoms with Crippen LogP contribution in [-0.2, 0) is 17.9 Å². The summed E-state index contributed by atoms with van der Waals surface area (Å²) in [7, 11) is 0. The Labute approximate surface area is 208 Å². The molecule has 2 aromatic carbocycles. The number of amides is 2. The van der Waals surface area contributed by atoms with E-state index in [1.165, 1.54) is 11.3 Å². The van der Waals surface area contributed by atoms with Crippen molar-refractivity contribution in [3.63, 3.8) is 0 Å². The lowest BCUT2D eigenvalue weighted by molar-refractivity contribution is -0.121. The molecule has 2 aromatic heterocycles. The second-order valence-electron chi connectivity index (χ2n) is 8.13. The first-order valence-corrected chi connectivity index (χ1v) is 12.2. The molecule has 0 saturated carbocycles. The first kappa shape index (κ1) is 24.1. The van der Waals surface area contributed by atoms with E-state index in [0.29, 0.717) is 23.9 Å². The zero-order chi connectivity index (χ0) is 24.5. The first-order valence-electron chi connectivity index (χ1n) is 11.3. The highest BCUT2D eigenvalue weighted by atomic mass is 32.1. The summed E-state index contributed by atoms with van der Waals surface area (Å²) < 4.78 is 0. The van der Waals surface area contributed by atoms with Gasteiger partial charge in [0.1, 0.15) is 5.69 Å². The van der Waals surface area contributed by atoms with Crippen molar-refractivity contribution in [1.29, 1.82) is 0 Å². The van der Waals surface area contributed by atoms with Gasteiger partial charge in [0.2, 0.25) is 5.91 Å². The standard InChI is InChI=1S/C27H27N5O2S/c1-20-6-5-9-23(16-20)30-27-31-24(19-35-27)26(34)32(18-22-7-3-2-4-8-22)15-12-25(33)29-17-21-10-13-28-14-11-21/h2-11,13-14,16,19H,12,15,17-18H2,1H3,(H,29,33)(H,30,31). The molecule has 0 radical (unpaired) electrons. The van der Waals surface area contributed by atoms with Crippen molar-refractivity contribution in [2.24, 2.45) is 0 Å². The number of carbonyl (C=O) groups excluding carboxylic acids is 2. The maximum absolute atomic E-state index is 13.4. The van der Waals surface area contributed by atoms with Crippen LogP contribution in [0.15, 0.2) is 84.5 Å². The molecule has 2 amide bonds. The molecule has 2 heterocycles. The van der Waals surface area contributed by atoms with Gasteiger partial charge in [-0.05, 0) is 47.9 Å². The Hall–Kier alpha value is -4.04. The van der Waals surface area contributed by atoms with Gasteiger partial charge in [-0.15, -0.1) is 11.3 Å². The van der Waals surface area contributed by atoms with Gasteiger partial charge in [-0.2, -0.15) is 0 Å². The summed E-state index contributed by atoms with van der Waals surface area (Å²) >= 11 is 1.38. The maximum atomic E-state index is 13.4. The van der Waals surface area contributed by atoms with E-state index in [0.717, 1.165) is 22.4 Å². The van der Waals surface area contributed by atoms with E-state index in [4.69, 9.17) is 0 Å². The minimum Gasteiger partial charge on any atom is -0.352 e. The van der Waals surface area contributed by atoms with E-state index in [2.05, 4.69) is 20.6 Å². The van der Waals surface area contributed by atoms with E-state index >= 15 is 0 Å². The quantitative estimate of drug-likeness (QED) is 0.332. The molecule has 0 fully saturated rings. The number of nitrogens with one attached hydrogen (secondary N) is 2. The van der Waals surface area contributed by atoms with E-state index in [1.807, 2.05) is 73.7 Å². The first-order chi connectivity index (χ1) is 17.1. The van der Waals surface area contributed by atoms with Crippen LogP contribution in [0.1, 0.15) is 33.6 Å². The number of rotatable bonds is 10. The Morgan fingerprint density at radius 2 is 1.77 bits per heavy atom. The summed E-state index contributed by atoms with van der Waals surface area (Å²) in [4.78, 5) is 36.0. The number of nitrogens with zero attached hydrogens (tertiary/aromatic N) is 3. The molecule has 0 aliphatic heterocycles. The average molecular weight is 486 g/mol. The number of anilines is 2. The predicted octanol–water partition coefficient (Wildman–Crippen LogP) is 4.94. The molecule has 8 heteroatoms. The summed E-state index contributed by atoms with van der Waals surface area (Å²) in [6.07, 6.45) is 3.58. The molecular formula is C27H27N5O2S. The second kappa shape index (κ2) is 11.9. The summed E-state index contributed by atoms with van der Waals surface area (Å²) in [5, 5.41) is 8.56. The number of aromatic nitrogens is 2. The summed E-state index contributed by atoms with van der Waals surface area (Å²) in [5.74, 6) is -0.322. The number of hydrogen-bond acceptors (Lipinski definition) is 6. The van der Waals surface area contributed by atoms with Gasteiger partial charge in [0.25, 0.3) is 5.91 Å². The average Bonchev–Trinajstić information content (AvgIpc) is 3.34. The normalized spacial score (nSPS) is 10.5. The van der Waals surface area contributed by atoms with E-state index in [9.17, 15) is 9.59 Å². The highest BCUT2D eigenvalue weighted by molar-refractivity contribution is 7.14. The van der Waals surface area contributed by atoms with Crippen LogP contribution in [0.5, 0.6) is 0 Å². The summed E-state index contributed by atoms with van der Waals surface area (Å²) in [6.45, 7) is 3.13. The van der Waals surface area contributed by atoms with Crippen molar-refractivity contribution in [2.75, 3.05) is 11.9 Å². The zero-order valence-corrected chi connectivity index (χ0v) is 20.3. The number of aryl methyl sites for hydroxylation is 1. The maximum Gasteiger partial charge on any atom is 0.273 e. The number of hydrogen-bond donors (Lipinski definition) is 2. The number of benzene rings is 2. The molecule has 0 unspecified atom stereocenters. The molecule has 35 heavy (non-hydrogen) atoms. The largest absolute Gasteiger partial charge is 0.352 e. The molecule has 2 N–H and O–H groups in total. The third-order valence-corrected chi connectivity index (χ3v) is 6.10. The molecule has 0 saturated heterocycles. The van der Waals surface area contributed by atoms with Crippen LogP contribution in [0, 0.1) is 6.92 Å². The van der Waals surface area contributed by atoms with Crippen molar-refractivity contribution < 1.29 is 9.59 Å². The van der Waals surface area contributed by atoms with Gasteiger partial charge in [-0.1, -0.05) is 42.5 Å². The molecule has 0 spiro atoms.